The number of carbonyl (C=O) groups is 1. The molecule has 1 amide bonds. The smallest absolute Gasteiger partial charge is 0.233 e. The standard InChI is InChI=1S/C11H12Cl2N2O2/c1-11(2)4-17-6-3-5(12)8(14)7(13)9(6)15-10(11)16/h3H,4,14H2,1-2H3,(H,15,16). The summed E-state index contributed by atoms with van der Waals surface area (Å²) in [5, 5.41) is 3.23. The monoisotopic (exact) mass is 274 g/mol. The van der Waals surface area contributed by atoms with E-state index in [9.17, 15) is 4.79 Å². The van der Waals surface area contributed by atoms with Crippen molar-refractivity contribution in [3.63, 3.8) is 0 Å². The van der Waals surface area contributed by atoms with E-state index in [-0.39, 0.29) is 23.2 Å². The zero-order valence-corrected chi connectivity index (χ0v) is 10.9. The van der Waals surface area contributed by atoms with Gasteiger partial charge >= 0.3 is 0 Å². The van der Waals surface area contributed by atoms with Crippen molar-refractivity contribution >= 4 is 40.5 Å². The maximum atomic E-state index is 11.9. The second kappa shape index (κ2) is 3.96. The van der Waals surface area contributed by atoms with Crippen LogP contribution in [-0.4, -0.2) is 12.5 Å². The first-order valence-electron chi connectivity index (χ1n) is 5.04. The lowest BCUT2D eigenvalue weighted by Gasteiger charge is -2.18. The molecule has 1 aromatic carbocycles. The van der Waals surface area contributed by atoms with Crippen LogP contribution in [0.4, 0.5) is 11.4 Å². The Hall–Kier alpha value is -1.13. The van der Waals surface area contributed by atoms with E-state index in [1.807, 2.05) is 0 Å². The van der Waals surface area contributed by atoms with Crippen LogP contribution in [0.3, 0.4) is 0 Å². The fourth-order valence-corrected chi connectivity index (χ4v) is 1.93. The molecule has 6 heteroatoms. The van der Waals surface area contributed by atoms with Crippen LogP contribution in [0.5, 0.6) is 5.75 Å². The maximum Gasteiger partial charge on any atom is 0.233 e. The lowest BCUT2D eigenvalue weighted by molar-refractivity contribution is -0.124. The number of fused-ring (bicyclic) bond motifs is 1. The summed E-state index contributed by atoms with van der Waals surface area (Å²) in [6.07, 6.45) is 0. The quantitative estimate of drug-likeness (QED) is 0.715. The molecule has 1 aliphatic rings. The molecule has 2 rings (SSSR count). The highest BCUT2D eigenvalue weighted by Crippen LogP contribution is 2.43. The Morgan fingerprint density at radius 1 is 1.47 bits per heavy atom. The molecule has 0 unspecified atom stereocenters. The number of anilines is 2. The molecule has 4 nitrogen and oxygen atoms in total. The molecule has 1 aromatic rings. The largest absolute Gasteiger partial charge is 0.490 e. The Bertz CT molecular complexity index is 501. The summed E-state index contributed by atoms with van der Waals surface area (Å²) in [6.45, 7) is 3.82. The molecule has 3 N–H and O–H groups in total. The number of hydrogen-bond acceptors (Lipinski definition) is 3. The van der Waals surface area contributed by atoms with Crippen molar-refractivity contribution in [2.75, 3.05) is 17.7 Å². The number of rotatable bonds is 0. The topological polar surface area (TPSA) is 64.3 Å². The van der Waals surface area contributed by atoms with E-state index in [2.05, 4.69) is 5.32 Å². The molecule has 0 saturated heterocycles. The predicted octanol–water partition coefficient (Wildman–Crippen LogP) is 2.93. The normalized spacial score (nSPS) is 17.8. The molecule has 0 radical (unpaired) electrons. The van der Waals surface area contributed by atoms with Crippen LogP contribution in [0.2, 0.25) is 10.0 Å². The number of ether oxygens (including phenoxy) is 1. The lowest BCUT2D eigenvalue weighted by atomic mass is 9.94. The van der Waals surface area contributed by atoms with Gasteiger partial charge in [-0.2, -0.15) is 0 Å². The Morgan fingerprint density at radius 3 is 2.76 bits per heavy atom. The molecular weight excluding hydrogens is 263 g/mol. The van der Waals surface area contributed by atoms with Gasteiger partial charge in [0.1, 0.15) is 18.0 Å². The van der Waals surface area contributed by atoms with Crippen molar-refractivity contribution in [2.45, 2.75) is 13.8 Å². The minimum Gasteiger partial charge on any atom is -0.490 e. The number of carbonyl (C=O) groups excluding carboxylic acids is 1. The van der Waals surface area contributed by atoms with Gasteiger partial charge in [0.25, 0.3) is 0 Å². The lowest BCUT2D eigenvalue weighted by Crippen LogP contribution is -2.33. The molecule has 1 aliphatic heterocycles. The van der Waals surface area contributed by atoms with Crippen LogP contribution < -0.4 is 15.8 Å². The summed E-state index contributed by atoms with van der Waals surface area (Å²) in [5.74, 6) is 0.271. The summed E-state index contributed by atoms with van der Waals surface area (Å²) < 4.78 is 5.54. The highest BCUT2D eigenvalue weighted by atomic mass is 35.5. The van der Waals surface area contributed by atoms with Gasteiger partial charge in [0, 0.05) is 6.07 Å². The van der Waals surface area contributed by atoms with Crippen molar-refractivity contribution in [3.05, 3.63) is 16.1 Å². The summed E-state index contributed by atoms with van der Waals surface area (Å²) >= 11 is 12.0. The van der Waals surface area contributed by atoms with Gasteiger partial charge in [-0.3, -0.25) is 4.79 Å². The first kappa shape index (κ1) is 12.3. The van der Waals surface area contributed by atoms with E-state index < -0.39 is 5.41 Å². The van der Waals surface area contributed by atoms with Crippen LogP contribution in [0, 0.1) is 5.41 Å². The summed E-state index contributed by atoms with van der Waals surface area (Å²) in [7, 11) is 0. The Labute approximate surface area is 109 Å². The molecule has 92 valence electrons. The van der Waals surface area contributed by atoms with Crippen LogP contribution in [-0.2, 0) is 4.79 Å². The molecule has 17 heavy (non-hydrogen) atoms. The number of halogens is 2. The van der Waals surface area contributed by atoms with Crippen molar-refractivity contribution in [1.82, 2.24) is 0 Å². The fourth-order valence-electron chi connectivity index (χ4n) is 1.45. The third-order valence-corrected chi connectivity index (χ3v) is 3.36. The van der Waals surface area contributed by atoms with Gasteiger partial charge in [0.15, 0.2) is 0 Å². The van der Waals surface area contributed by atoms with E-state index in [0.29, 0.717) is 16.5 Å². The van der Waals surface area contributed by atoms with Crippen molar-refractivity contribution in [2.24, 2.45) is 5.41 Å². The first-order valence-corrected chi connectivity index (χ1v) is 5.80. The fraction of sp³-hybridized carbons (Fsp3) is 0.364. The van der Waals surface area contributed by atoms with Crippen molar-refractivity contribution < 1.29 is 9.53 Å². The van der Waals surface area contributed by atoms with E-state index in [4.69, 9.17) is 33.7 Å². The van der Waals surface area contributed by atoms with Crippen molar-refractivity contribution in [3.8, 4) is 5.75 Å². The number of amides is 1. The second-order valence-electron chi connectivity index (χ2n) is 4.59. The second-order valence-corrected chi connectivity index (χ2v) is 5.37. The van der Waals surface area contributed by atoms with Crippen molar-refractivity contribution in [1.29, 1.82) is 0 Å². The van der Waals surface area contributed by atoms with Crippen LogP contribution >= 0.6 is 23.2 Å². The molecule has 0 fully saturated rings. The third-order valence-electron chi connectivity index (χ3n) is 2.66. The van der Waals surface area contributed by atoms with Gasteiger partial charge in [-0.1, -0.05) is 23.2 Å². The molecule has 0 aromatic heterocycles. The molecule has 0 saturated carbocycles. The zero-order valence-electron chi connectivity index (χ0n) is 9.43. The van der Waals surface area contributed by atoms with E-state index in [1.54, 1.807) is 19.9 Å². The van der Waals surface area contributed by atoms with E-state index in [0.717, 1.165) is 0 Å². The zero-order chi connectivity index (χ0) is 12.8. The van der Waals surface area contributed by atoms with Crippen LogP contribution in [0.15, 0.2) is 6.07 Å². The van der Waals surface area contributed by atoms with Gasteiger partial charge in [-0.15, -0.1) is 0 Å². The average Bonchev–Trinajstić information content (AvgIpc) is 2.37. The van der Waals surface area contributed by atoms with Gasteiger partial charge in [-0.25, -0.2) is 0 Å². The highest BCUT2D eigenvalue weighted by Gasteiger charge is 2.33. The predicted molar refractivity (Wildman–Crippen MR) is 68.8 cm³/mol. The highest BCUT2D eigenvalue weighted by molar-refractivity contribution is 6.41. The minimum absolute atomic E-state index is 0.167. The van der Waals surface area contributed by atoms with E-state index >= 15 is 0 Å². The third kappa shape index (κ3) is 2.03. The van der Waals surface area contributed by atoms with Gasteiger partial charge in [0.05, 0.1) is 21.1 Å². The minimum atomic E-state index is -0.635. The molecule has 0 spiro atoms. The Morgan fingerprint density at radius 2 is 2.12 bits per heavy atom. The number of nitrogen functional groups attached to an aromatic ring is 1. The molecule has 1 heterocycles. The number of hydrogen-bond donors (Lipinski definition) is 2. The molecule has 0 atom stereocenters. The number of benzene rings is 1. The van der Waals surface area contributed by atoms with Gasteiger partial charge in [0.2, 0.25) is 5.91 Å². The van der Waals surface area contributed by atoms with E-state index in [1.165, 1.54) is 0 Å². The first-order chi connectivity index (χ1) is 7.83. The summed E-state index contributed by atoms with van der Waals surface area (Å²) in [6, 6.07) is 1.56. The van der Waals surface area contributed by atoms with Gasteiger partial charge < -0.3 is 15.8 Å². The van der Waals surface area contributed by atoms with Crippen LogP contribution in [0.1, 0.15) is 13.8 Å². The SMILES string of the molecule is CC1(C)COc2cc(Cl)c(N)c(Cl)c2NC1=O. The van der Waals surface area contributed by atoms with Crippen LogP contribution in [0.25, 0.3) is 0 Å². The average molecular weight is 275 g/mol. The molecule has 0 aliphatic carbocycles. The maximum absolute atomic E-state index is 11.9. The van der Waals surface area contributed by atoms with Gasteiger partial charge in [-0.05, 0) is 13.8 Å². The molecule has 0 bridgehead atoms. The number of nitrogens with two attached hydrogens (primary N) is 1. The number of nitrogens with one attached hydrogen (secondary N) is 1. The summed E-state index contributed by atoms with van der Waals surface area (Å²) in [4.78, 5) is 11.9. The summed E-state index contributed by atoms with van der Waals surface area (Å²) in [5.41, 5.74) is 5.67. The molecular formula is C11H12Cl2N2O2. The Kier molecular flexibility index (Phi) is 2.87. The Balaban J connectivity index is 2.55.